The molecule has 0 aromatic carbocycles. The predicted octanol–water partition coefficient (Wildman–Crippen LogP) is 1.20. The summed E-state index contributed by atoms with van der Waals surface area (Å²) in [4.78, 5) is 13.3. The Hall–Kier alpha value is -1.31. The minimum atomic E-state index is 0.0118. The smallest absolute Gasteiger partial charge is 0.261 e. The third kappa shape index (κ3) is 3.09. The van der Waals surface area contributed by atoms with Crippen molar-refractivity contribution in [2.45, 2.75) is 12.8 Å². The molecule has 1 aromatic heterocycles. The van der Waals surface area contributed by atoms with Crippen molar-refractivity contribution in [2.75, 3.05) is 13.1 Å². The van der Waals surface area contributed by atoms with Crippen LogP contribution in [0.15, 0.2) is 12.1 Å². The third-order valence-corrected chi connectivity index (χ3v) is 3.39. The fourth-order valence-electron chi connectivity index (χ4n) is 1.31. The SMILES string of the molecule is NCC#Cc1ccc(C(=O)NCC2CC2)s1. The van der Waals surface area contributed by atoms with Crippen LogP contribution in [0, 0.1) is 17.8 Å². The van der Waals surface area contributed by atoms with Crippen molar-refractivity contribution < 1.29 is 4.79 Å². The Morgan fingerprint density at radius 1 is 1.56 bits per heavy atom. The standard InChI is InChI=1S/C12H14N2OS/c13-7-1-2-10-5-6-11(16-10)12(15)14-8-9-3-4-9/h5-6,9H,3-4,7-8,13H2,(H,14,15). The highest BCUT2D eigenvalue weighted by Crippen LogP contribution is 2.27. The molecule has 0 saturated heterocycles. The minimum Gasteiger partial charge on any atom is -0.351 e. The van der Waals surface area contributed by atoms with Crippen molar-refractivity contribution in [3.05, 3.63) is 21.9 Å². The summed E-state index contributed by atoms with van der Waals surface area (Å²) in [6.45, 7) is 1.15. The zero-order valence-corrected chi connectivity index (χ0v) is 9.77. The molecule has 0 spiro atoms. The van der Waals surface area contributed by atoms with Crippen molar-refractivity contribution in [2.24, 2.45) is 11.7 Å². The van der Waals surface area contributed by atoms with E-state index in [0.29, 0.717) is 12.5 Å². The van der Waals surface area contributed by atoms with Crippen LogP contribution < -0.4 is 11.1 Å². The van der Waals surface area contributed by atoms with Gasteiger partial charge < -0.3 is 11.1 Å². The Balaban J connectivity index is 1.91. The molecule has 1 amide bonds. The molecule has 3 nitrogen and oxygen atoms in total. The lowest BCUT2D eigenvalue weighted by Gasteiger charge is -2.00. The Labute approximate surface area is 99.0 Å². The van der Waals surface area contributed by atoms with Crippen molar-refractivity contribution in [3.63, 3.8) is 0 Å². The van der Waals surface area contributed by atoms with Gasteiger partial charge in [0.05, 0.1) is 16.3 Å². The van der Waals surface area contributed by atoms with Gasteiger partial charge in [0.2, 0.25) is 0 Å². The first-order valence-electron chi connectivity index (χ1n) is 5.36. The number of amides is 1. The van der Waals surface area contributed by atoms with Crippen molar-refractivity contribution >= 4 is 17.2 Å². The highest BCUT2D eigenvalue weighted by Gasteiger charge is 2.22. The highest BCUT2D eigenvalue weighted by atomic mass is 32.1. The van der Waals surface area contributed by atoms with Crippen molar-refractivity contribution in [1.29, 1.82) is 0 Å². The van der Waals surface area contributed by atoms with E-state index in [1.165, 1.54) is 24.2 Å². The third-order valence-electron chi connectivity index (χ3n) is 2.39. The first kappa shape index (κ1) is 11.2. The Morgan fingerprint density at radius 3 is 3.06 bits per heavy atom. The van der Waals surface area contributed by atoms with E-state index in [1.807, 2.05) is 12.1 Å². The maximum absolute atomic E-state index is 11.7. The molecule has 4 heteroatoms. The lowest BCUT2D eigenvalue weighted by molar-refractivity contribution is 0.0956. The molecule has 0 atom stereocenters. The lowest BCUT2D eigenvalue weighted by atomic mass is 10.3. The van der Waals surface area contributed by atoms with Crippen molar-refractivity contribution in [3.8, 4) is 11.8 Å². The molecule has 1 aromatic rings. The molecule has 0 unspecified atom stereocenters. The normalized spacial score (nSPS) is 14.1. The van der Waals surface area contributed by atoms with E-state index in [1.54, 1.807) is 0 Å². The maximum Gasteiger partial charge on any atom is 0.261 e. The number of hydrogen-bond donors (Lipinski definition) is 2. The largest absolute Gasteiger partial charge is 0.351 e. The monoisotopic (exact) mass is 234 g/mol. The minimum absolute atomic E-state index is 0.0118. The van der Waals surface area contributed by atoms with Gasteiger partial charge in [-0.3, -0.25) is 4.79 Å². The maximum atomic E-state index is 11.7. The first-order valence-corrected chi connectivity index (χ1v) is 6.18. The van der Waals surface area contributed by atoms with Crippen molar-refractivity contribution in [1.82, 2.24) is 5.32 Å². The number of nitrogens with one attached hydrogen (secondary N) is 1. The second kappa shape index (κ2) is 5.15. The van der Waals surface area contributed by atoms with Crippen LogP contribution in [0.5, 0.6) is 0 Å². The van der Waals surface area contributed by atoms with E-state index in [2.05, 4.69) is 17.2 Å². The Morgan fingerprint density at radius 2 is 2.38 bits per heavy atom. The summed E-state index contributed by atoms with van der Waals surface area (Å²) < 4.78 is 0. The first-order chi connectivity index (χ1) is 7.79. The zero-order valence-electron chi connectivity index (χ0n) is 8.95. The van der Waals surface area contributed by atoms with Gasteiger partial charge in [-0.1, -0.05) is 11.8 Å². The molecule has 0 aliphatic heterocycles. The predicted molar refractivity (Wildman–Crippen MR) is 65.3 cm³/mol. The van der Waals surface area contributed by atoms with E-state index < -0.39 is 0 Å². The summed E-state index contributed by atoms with van der Waals surface area (Å²) in [5.74, 6) is 6.41. The summed E-state index contributed by atoms with van der Waals surface area (Å²) in [5.41, 5.74) is 5.28. The molecule has 0 radical (unpaired) electrons. The van der Waals surface area contributed by atoms with E-state index >= 15 is 0 Å². The molecule has 84 valence electrons. The molecular formula is C12H14N2OS. The molecule has 0 bridgehead atoms. The van der Waals surface area contributed by atoms with Gasteiger partial charge >= 0.3 is 0 Å². The molecule has 1 fully saturated rings. The molecule has 2 rings (SSSR count). The zero-order chi connectivity index (χ0) is 11.4. The van der Waals surface area contributed by atoms with Gasteiger partial charge in [0, 0.05) is 6.54 Å². The fraction of sp³-hybridized carbons (Fsp3) is 0.417. The number of thiophene rings is 1. The number of nitrogens with two attached hydrogens (primary N) is 1. The molecular weight excluding hydrogens is 220 g/mol. The van der Waals surface area contributed by atoms with Gasteiger partial charge in [-0.2, -0.15) is 0 Å². The fourth-order valence-corrected chi connectivity index (χ4v) is 2.11. The number of rotatable bonds is 3. The molecule has 1 aliphatic rings. The topological polar surface area (TPSA) is 55.1 Å². The van der Waals surface area contributed by atoms with Gasteiger partial charge in [0.1, 0.15) is 0 Å². The van der Waals surface area contributed by atoms with Crippen LogP contribution in [-0.4, -0.2) is 19.0 Å². The van der Waals surface area contributed by atoms with Crippen LogP contribution in [0.25, 0.3) is 0 Å². The van der Waals surface area contributed by atoms with Gasteiger partial charge in [-0.25, -0.2) is 0 Å². The van der Waals surface area contributed by atoms with E-state index in [-0.39, 0.29) is 5.91 Å². The van der Waals surface area contributed by atoms with Crippen LogP contribution in [-0.2, 0) is 0 Å². The van der Waals surface area contributed by atoms with Crippen LogP contribution >= 0.6 is 11.3 Å². The Kier molecular flexibility index (Phi) is 3.60. The van der Waals surface area contributed by atoms with Gasteiger partial charge in [-0.15, -0.1) is 11.3 Å². The molecule has 3 N–H and O–H groups in total. The number of hydrogen-bond acceptors (Lipinski definition) is 3. The van der Waals surface area contributed by atoms with E-state index in [9.17, 15) is 4.79 Å². The van der Waals surface area contributed by atoms with E-state index in [0.717, 1.165) is 16.3 Å². The van der Waals surface area contributed by atoms with Gasteiger partial charge in [0.25, 0.3) is 5.91 Å². The van der Waals surface area contributed by atoms with Crippen LogP contribution in [0.3, 0.4) is 0 Å². The summed E-state index contributed by atoms with van der Waals surface area (Å²) in [7, 11) is 0. The average Bonchev–Trinajstić information content (AvgIpc) is 3.00. The second-order valence-corrected chi connectivity index (χ2v) is 4.91. The van der Waals surface area contributed by atoms with E-state index in [4.69, 9.17) is 5.73 Å². The number of carbonyl (C=O) groups is 1. The summed E-state index contributed by atoms with van der Waals surface area (Å²) >= 11 is 1.41. The second-order valence-electron chi connectivity index (χ2n) is 3.82. The summed E-state index contributed by atoms with van der Waals surface area (Å²) in [6.07, 6.45) is 2.50. The summed E-state index contributed by atoms with van der Waals surface area (Å²) in [5, 5.41) is 2.93. The molecule has 1 saturated carbocycles. The lowest BCUT2D eigenvalue weighted by Crippen LogP contribution is -2.24. The number of carbonyl (C=O) groups excluding carboxylic acids is 1. The van der Waals surface area contributed by atoms with Gasteiger partial charge in [0.15, 0.2) is 0 Å². The van der Waals surface area contributed by atoms with Crippen LogP contribution in [0.4, 0.5) is 0 Å². The molecule has 1 aliphatic carbocycles. The Bertz CT molecular complexity index is 437. The quantitative estimate of drug-likeness (QED) is 0.772. The van der Waals surface area contributed by atoms with Gasteiger partial charge in [-0.05, 0) is 30.9 Å². The highest BCUT2D eigenvalue weighted by molar-refractivity contribution is 7.14. The molecule has 16 heavy (non-hydrogen) atoms. The summed E-state index contributed by atoms with van der Waals surface area (Å²) in [6, 6.07) is 3.67. The van der Waals surface area contributed by atoms with Crippen LogP contribution in [0.2, 0.25) is 0 Å². The molecule has 1 heterocycles. The average molecular weight is 234 g/mol. The van der Waals surface area contributed by atoms with Crippen LogP contribution in [0.1, 0.15) is 27.4 Å².